The van der Waals surface area contributed by atoms with Gasteiger partial charge in [0.25, 0.3) is 0 Å². The van der Waals surface area contributed by atoms with E-state index in [-0.39, 0.29) is 0 Å². The van der Waals surface area contributed by atoms with Crippen molar-refractivity contribution in [1.29, 1.82) is 0 Å². The van der Waals surface area contributed by atoms with Gasteiger partial charge in [-0.3, -0.25) is 4.98 Å². The summed E-state index contributed by atoms with van der Waals surface area (Å²) in [6, 6.07) is 16.8. The van der Waals surface area contributed by atoms with Crippen molar-refractivity contribution in [2.75, 3.05) is 26.2 Å². The van der Waals surface area contributed by atoms with Gasteiger partial charge < -0.3 is 18.9 Å². The summed E-state index contributed by atoms with van der Waals surface area (Å²) in [6.07, 6.45) is 2.38. The molecule has 0 fully saturated rings. The SMILES string of the molecule is CCCOC(=O)c1cc2ccccc2cc1Oc1ccnc2cc(OCCCl)c(OC)cc12. The molecule has 0 aliphatic rings. The molecule has 0 saturated carbocycles. The van der Waals surface area contributed by atoms with Crippen molar-refractivity contribution >= 4 is 39.2 Å². The zero-order chi connectivity index (χ0) is 23.2. The van der Waals surface area contributed by atoms with E-state index in [0.29, 0.717) is 58.6 Å². The monoisotopic (exact) mass is 465 g/mol. The van der Waals surface area contributed by atoms with Crippen molar-refractivity contribution in [3.05, 3.63) is 66.4 Å². The lowest BCUT2D eigenvalue weighted by Gasteiger charge is -2.15. The molecular weight excluding hydrogens is 442 g/mol. The van der Waals surface area contributed by atoms with Crippen LogP contribution in [0, 0.1) is 0 Å². The van der Waals surface area contributed by atoms with Crippen LogP contribution in [0.5, 0.6) is 23.0 Å². The highest BCUT2D eigenvalue weighted by Crippen LogP contribution is 2.38. The molecule has 1 aromatic heterocycles. The van der Waals surface area contributed by atoms with Gasteiger partial charge >= 0.3 is 5.97 Å². The Hall–Kier alpha value is -3.51. The maximum Gasteiger partial charge on any atom is 0.341 e. The number of pyridine rings is 1. The van der Waals surface area contributed by atoms with Crippen LogP contribution in [-0.2, 0) is 4.74 Å². The van der Waals surface area contributed by atoms with Gasteiger partial charge in [0.2, 0.25) is 0 Å². The maximum atomic E-state index is 12.8. The fourth-order valence-electron chi connectivity index (χ4n) is 3.49. The third kappa shape index (κ3) is 4.96. The highest BCUT2D eigenvalue weighted by atomic mass is 35.5. The molecule has 0 amide bonds. The van der Waals surface area contributed by atoms with Gasteiger partial charge in [0.1, 0.15) is 23.7 Å². The summed E-state index contributed by atoms with van der Waals surface area (Å²) in [5, 5.41) is 2.59. The molecule has 0 bridgehead atoms. The van der Waals surface area contributed by atoms with Crippen LogP contribution < -0.4 is 14.2 Å². The Morgan fingerprint density at radius 3 is 2.45 bits per heavy atom. The van der Waals surface area contributed by atoms with Gasteiger partial charge in [0.15, 0.2) is 11.5 Å². The number of ether oxygens (including phenoxy) is 4. The van der Waals surface area contributed by atoms with Gasteiger partial charge in [0.05, 0.1) is 25.1 Å². The quantitative estimate of drug-likeness (QED) is 0.211. The van der Waals surface area contributed by atoms with E-state index in [1.807, 2.05) is 37.3 Å². The molecule has 4 aromatic rings. The first-order valence-electron chi connectivity index (χ1n) is 10.7. The van der Waals surface area contributed by atoms with Crippen LogP contribution in [0.15, 0.2) is 60.8 Å². The van der Waals surface area contributed by atoms with E-state index in [1.165, 1.54) is 0 Å². The number of alkyl halides is 1. The third-order valence-electron chi connectivity index (χ3n) is 5.05. The number of benzene rings is 3. The van der Waals surface area contributed by atoms with E-state index in [1.54, 1.807) is 37.6 Å². The Morgan fingerprint density at radius 1 is 0.939 bits per heavy atom. The molecule has 0 unspecified atom stereocenters. The minimum atomic E-state index is -0.426. The van der Waals surface area contributed by atoms with E-state index in [4.69, 9.17) is 30.5 Å². The van der Waals surface area contributed by atoms with Crippen LogP contribution in [-0.4, -0.2) is 37.2 Å². The zero-order valence-corrected chi connectivity index (χ0v) is 19.2. The molecule has 0 spiro atoms. The Bertz CT molecular complexity index is 1290. The average Bonchev–Trinajstić information content (AvgIpc) is 2.85. The third-order valence-corrected chi connectivity index (χ3v) is 5.20. The lowest BCUT2D eigenvalue weighted by molar-refractivity contribution is 0.0502. The van der Waals surface area contributed by atoms with Gasteiger partial charge in [-0.15, -0.1) is 11.6 Å². The van der Waals surface area contributed by atoms with Crippen molar-refractivity contribution < 1.29 is 23.7 Å². The van der Waals surface area contributed by atoms with Crippen molar-refractivity contribution in [1.82, 2.24) is 4.98 Å². The van der Waals surface area contributed by atoms with E-state index in [9.17, 15) is 4.79 Å². The molecule has 6 nitrogen and oxygen atoms in total. The number of hydrogen-bond acceptors (Lipinski definition) is 6. The van der Waals surface area contributed by atoms with Crippen molar-refractivity contribution in [3.63, 3.8) is 0 Å². The Morgan fingerprint density at radius 2 is 1.73 bits per heavy atom. The van der Waals surface area contributed by atoms with Crippen LogP contribution in [0.25, 0.3) is 21.7 Å². The summed E-state index contributed by atoms with van der Waals surface area (Å²) < 4.78 is 22.9. The summed E-state index contributed by atoms with van der Waals surface area (Å²) in [6.45, 7) is 2.64. The highest BCUT2D eigenvalue weighted by molar-refractivity contribution is 6.18. The number of carbonyl (C=O) groups excluding carboxylic acids is 1. The maximum absolute atomic E-state index is 12.8. The van der Waals surface area contributed by atoms with Crippen molar-refractivity contribution in [2.45, 2.75) is 13.3 Å². The fraction of sp³-hybridized carbons (Fsp3) is 0.231. The molecule has 4 rings (SSSR count). The number of methoxy groups -OCH3 is 1. The van der Waals surface area contributed by atoms with Gasteiger partial charge in [0, 0.05) is 17.6 Å². The topological polar surface area (TPSA) is 66.9 Å². The molecule has 0 saturated heterocycles. The predicted octanol–water partition coefficient (Wildman–Crippen LogP) is 6.37. The number of fused-ring (bicyclic) bond motifs is 2. The first-order valence-corrected chi connectivity index (χ1v) is 11.2. The van der Waals surface area contributed by atoms with Gasteiger partial charge in [-0.05, 0) is 41.5 Å². The molecule has 0 aliphatic heterocycles. The smallest absolute Gasteiger partial charge is 0.341 e. The molecule has 3 aromatic carbocycles. The van der Waals surface area contributed by atoms with E-state index >= 15 is 0 Å². The molecule has 0 atom stereocenters. The number of rotatable bonds is 9. The summed E-state index contributed by atoms with van der Waals surface area (Å²) in [4.78, 5) is 17.2. The summed E-state index contributed by atoms with van der Waals surface area (Å²) in [5.74, 6) is 1.95. The lowest BCUT2D eigenvalue weighted by Crippen LogP contribution is -2.08. The number of carbonyl (C=O) groups is 1. The predicted molar refractivity (Wildman–Crippen MR) is 129 cm³/mol. The van der Waals surface area contributed by atoms with E-state index in [0.717, 1.165) is 17.2 Å². The molecule has 0 aliphatic carbocycles. The van der Waals surface area contributed by atoms with Gasteiger partial charge in [-0.2, -0.15) is 0 Å². The number of aromatic nitrogens is 1. The number of halogens is 1. The van der Waals surface area contributed by atoms with E-state index < -0.39 is 5.97 Å². The number of hydrogen-bond donors (Lipinski definition) is 0. The minimum Gasteiger partial charge on any atom is -0.493 e. The second-order valence-corrected chi connectivity index (χ2v) is 7.68. The molecule has 0 N–H and O–H groups in total. The second-order valence-electron chi connectivity index (χ2n) is 7.30. The van der Waals surface area contributed by atoms with Crippen LogP contribution in [0.2, 0.25) is 0 Å². The molecule has 7 heteroatoms. The summed E-state index contributed by atoms with van der Waals surface area (Å²) >= 11 is 5.75. The minimum absolute atomic E-state index is 0.339. The molecule has 0 radical (unpaired) electrons. The molecule has 170 valence electrons. The van der Waals surface area contributed by atoms with Crippen molar-refractivity contribution in [3.8, 4) is 23.0 Å². The van der Waals surface area contributed by atoms with Crippen LogP contribution in [0.1, 0.15) is 23.7 Å². The Labute approximate surface area is 197 Å². The highest BCUT2D eigenvalue weighted by Gasteiger charge is 2.18. The number of esters is 1. The van der Waals surface area contributed by atoms with Crippen molar-refractivity contribution in [2.24, 2.45) is 0 Å². The summed E-state index contributed by atoms with van der Waals surface area (Å²) in [7, 11) is 1.57. The zero-order valence-electron chi connectivity index (χ0n) is 18.5. The first-order chi connectivity index (χ1) is 16.1. The Kier molecular flexibility index (Phi) is 7.15. The number of nitrogens with zero attached hydrogens (tertiary/aromatic N) is 1. The lowest BCUT2D eigenvalue weighted by atomic mass is 10.1. The Balaban J connectivity index is 1.80. The molecule has 1 heterocycles. The standard InChI is InChI=1S/C26H24ClNO5/c1-3-11-32-26(29)20-13-17-6-4-5-7-18(17)14-23(20)33-22-8-10-28-21-16-25(31-12-9-27)24(30-2)15-19(21)22/h4-8,10,13-16H,3,9,11-12H2,1-2H3. The average molecular weight is 466 g/mol. The van der Waals surface area contributed by atoms with Gasteiger partial charge in [-0.25, -0.2) is 4.79 Å². The van der Waals surface area contributed by atoms with E-state index in [2.05, 4.69) is 4.98 Å². The largest absolute Gasteiger partial charge is 0.493 e. The normalized spacial score (nSPS) is 10.9. The van der Waals surface area contributed by atoms with Crippen LogP contribution in [0.4, 0.5) is 0 Å². The molecule has 33 heavy (non-hydrogen) atoms. The van der Waals surface area contributed by atoms with Gasteiger partial charge in [-0.1, -0.05) is 31.2 Å². The summed E-state index contributed by atoms with van der Waals surface area (Å²) in [5.41, 5.74) is 1.02. The van der Waals surface area contributed by atoms with Crippen LogP contribution >= 0.6 is 11.6 Å². The fourth-order valence-corrected chi connectivity index (χ4v) is 3.57. The second kappa shape index (κ2) is 10.4. The molecular formula is C26H24ClNO5. The first kappa shape index (κ1) is 22.7. The van der Waals surface area contributed by atoms with Crippen LogP contribution in [0.3, 0.4) is 0 Å².